The monoisotopic (exact) mass is 225 g/mol. The Balaban J connectivity index is 2.31. The Kier molecular flexibility index (Phi) is 5.02. The highest BCUT2D eigenvalue weighted by molar-refractivity contribution is 5.67. The van der Waals surface area contributed by atoms with Crippen molar-refractivity contribution in [2.45, 2.75) is 39.7 Å². The zero-order valence-corrected chi connectivity index (χ0v) is 10.4. The molecule has 0 aliphatic heterocycles. The number of esters is 1. The highest BCUT2D eigenvalue weighted by atomic mass is 16.5. The average molecular weight is 225 g/mol. The van der Waals surface area contributed by atoms with E-state index >= 15 is 0 Å². The summed E-state index contributed by atoms with van der Waals surface area (Å²) < 4.78 is 9.01. The number of nitrogens with zero attached hydrogens (tertiary/aromatic N) is 2. The van der Waals surface area contributed by atoms with Gasteiger partial charge in [0.1, 0.15) is 12.4 Å². The summed E-state index contributed by atoms with van der Waals surface area (Å²) in [4.78, 5) is 11.5. The van der Waals surface area contributed by atoms with E-state index in [1.165, 1.54) is 0 Å². The van der Waals surface area contributed by atoms with Crippen molar-refractivity contribution < 1.29 is 14.1 Å². The molecule has 4 heteroatoms. The second-order valence-corrected chi connectivity index (χ2v) is 4.01. The molecule has 0 saturated heterocycles. The van der Waals surface area contributed by atoms with Crippen LogP contribution in [0.15, 0.2) is 12.4 Å². The lowest BCUT2D eigenvalue weighted by Gasteiger charge is -2.03. The van der Waals surface area contributed by atoms with E-state index in [0.29, 0.717) is 13.2 Å². The van der Waals surface area contributed by atoms with Crippen LogP contribution in [0.2, 0.25) is 0 Å². The fourth-order valence-corrected chi connectivity index (χ4v) is 1.49. The Morgan fingerprint density at radius 2 is 2.25 bits per heavy atom. The zero-order chi connectivity index (χ0) is 12.0. The summed E-state index contributed by atoms with van der Waals surface area (Å²) >= 11 is 0. The molecule has 0 radical (unpaired) electrons. The predicted molar refractivity (Wildman–Crippen MR) is 60.8 cm³/mol. The minimum absolute atomic E-state index is 0.157. The molecule has 1 aromatic heterocycles. The molecule has 1 heterocycles. The molecule has 0 aliphatic carbocycles. The first kappa shape index (κ1) is 12.7. The Labute approximate surface area is 96.8 Å². The first-order chi connectivity index (χ1) is 7.65. The van der Waals surface area contributed by atoms with Gasteiger partial charge in [0.15, 0.2) is 6.54 Å². The second-order valence-electron chi connectivity index (χ2n) is 4.01. The lowest BCUT2D eigenvalue weighted by Crippen LogP contribution is -2.40. The van der Waals surface area contributed by atoms with E-state index in [1.807, 2.05) is 35.5 Å². The first-order valence-electron chi connectivity index (χ1n) is 5.82. The molecule has 0 atom stereocenters. The molecule has 1 aromatic rings. The van der Waals surface area contributed by atoms with Crippen LogP contribution in [0, 0.1) is 6.92 Å². The molecule has 16 heavy (non-hydrogen) atoms. The van der Waals surface area contributed by atoms with Crippen molar-refractivity contribution in [1.29, 1.82) is 0 Å². The molecule has 0 spiro atoms. The van der Waals surface area contributed by atoms with Crippen LogP contribution in [-0.4, -0.2) is 17.1 Å². The third-order valence-electron chi connectivity index (χ3n) is 2.71. The zero-order valence-electron chi connectivity index (χ0n) is 10.4. The Morgan fingerprint density at radius 1 is 1.50 bits per heavy atom. The number of aromatic nitrogens is 2. The van der Waals surface area contributed by atoms with E-state index in [-0.39, 0.29) is 5.97 Å². The van der Waals surface area contributed by atoms with Crippen LogP contribution in [0.25, 0.3) is 0 Å². The fraction of sp³-hybridized carbons (Fsp3) is 0.667. The summed E-state index contributed by atoms with van der Waals surface area (Å²) in [6.07, 6.45) is 7.04. The molecule has 0 fully saturated rings. The molecule has 0 N–H and O–H groups in total. The van der Waals surface area contributed by atoms with Crippen LogP contribution >= 0.6 is 0 Å². The van der Waals surface area contributed by atoms with Crippen molar-refractivity contribution in [2.24, 2.45) is 7.05 Å². The number of hydrogen-bond acceptors (Lipinski definition) is 2. The maximum absolute atomic E-state index is 11.5. The van der Waals surface area contributed by atoms with Crippen LogP contribution in [0.4, 0.5) is 0 Å². The van der Waals surface area contributed by atoms with E-state index in [0.717, 1.165) is 25.1 Å². The van der Waals surface area contributed by atoms with Gasteiger partial charge in [-0.1, -0.05) is 19.8 Å². The Bertz CT molecular complexity index is 345. The number of carbonyl (C=O) groups excluding carboxylic acids is 1. The van der Waals surface area contributed by atoms with Gasteiger partial charge in [-0.25, -0.2) is 13.9 Å². The highest BCUT2D eigenvalue weighted by Crippen LogP contribution is 1.95. The number of unbranched alkanes of at least 4 members (excludes halogenated alkanes) is 2. The molecule has 1 rings (SSSR count). The molecule has 0 amide bonds. The van der Waals surface area contributed by atoms with Crippen molar-refractivity contribution >= 4 is 5.97 Å². The predicted octanol–water partition coefficient (Wildman–Crippen LogP) is 1.35. The lowest BCUT2D eigenvalue weighted by molar-refractivity contribution is -0.691. The van der Waals surface area contributed by atoms with Gasteiger partial charge in [0, 0.05) is 6.92 Å². The SMILES string of the molecule is CCCCCOC(=O)C[n+]1ccn(C)c1C. The molecule has 0 bridgehead atoms. The van der Waals surface area contributed by atoms with E-state index in [9.17, 15) is 4.79 Å². The molecule has 0 aromatic carbocycles. The van der Waals surface area contributed by atoms with Crippen LogP contribution in [-0.2, 0) is 23.1 Å². The van der Waals surface area contributed by atoms with Crippen molar-refractivity contribution in [3.05, 3.63) is 18.2 Å². The number of rotatable bonds is 6. The van der Waals surface area contributed by atoms with E-state index in [2.05, 4.69) is 6.92 Å². The van der Waals surface area contributed by atoms with Crippen LogP contribution in [0.1, 0.15) is 32.0 Å². The van der Waals surface area contributed by atoms with Gasteiger partial charge in [0.25, 0.3) is 5.82 Å². The minimum Gasteiger partial charge on any atom is -0.463 e. The molecule has 0 unspecified atom stereocenters. The second kappa shape index (κ2) is 6.30. The quantitative estimate of drug-likeness (QED) is 0.416. The van der Waals surface area contributed by atoms with Crippen LogP contribution in [0.3, 0.4) is 0 Å². The van der Waals surface area contributed by atoms with Crippen molar-refractivity contribution in [3.63, 3.8) is 0 Å². The van der Waals surface area contributed by atoms with Gasteiger partial charge in [-0.2, -0.15) is 0 Å². The summed E-state index contributed by atoms with van der Waals surface area (Å²) in [5, 5.41) is 0. The summed E-state index contributed by atoms with van der Waals surface area (Å²) in [7, 11) is 1.96. The minimum atomic E-state index is -0.157. The highest BCUT2D eigenvalue weighted by Gasteiger charge is 2.13. The van der Waals surface area contributed by atoms with E-state index in [4.69, 9.17) is 4.74 Å². The summed E-state index contributed by atoms with van der Waals surface area (Å²) in [6, 6.07) is 0. The molecular weight excluding hydrogens is 204 g/mol. The number of ether oxygens (including phenoxy) is 1. The van der Waals surface area contributed by atoms with Crippen molar-refractivity contribution in [2.75, 3.05) is 6.61 Å². The third-order valence-corrected chi connectivity index (χ3v) is 2.71. The molecule has 0 aliphatic rings. The van der Waals surface area contributed by atoms with Gasteiger partial charge < -0.3 is 4.74 Å². The van der Waals surface area contributed by atoms with Crippen molar-refractivity contribution in [1.82, 2.24) is 4.57 Å². The van der Waals surface area contributed by atoms with Gasteiger partial charge in [0.2, 0.25) is 0 Å². The topological polar surface area (TPSA) is 35.1 Å². The Morgan fingerprint density at radius 3 is 2.81 bits per heavy atom. The summed E-state index contributed by atoms with van der Waals surface area (Å²) in [6.45, 7) is 4.95. The largest absolute Gasteiger partial charge is 0.463 e. The summed E-state index contributed by atoms with van der Waals surface area (Å²) in [5.41, 5.74) is 0. The van der Waals surface area contributed by atoms with E-state index < -0.39 is 0 Å². The fourth-order valence-electron chi connectivity index (χ4n) is 1.49. The van der Waals surface area contributed by atoms with Gasteiger partial charge >= 0.3 is 5.97 Å². The number of hydrogen-bond donors (Lipinski definition) is 0. The lowest BCUT2D eigenvalue weighted by atomic mass is 10.3. The van der Waals surface area contributed by atoms with Gasteiger partial charge in [0.05, 0.1) is 13.7 Å². The van der Waals surface area contributed by atoms with Crippen LogP contribution < -0.4 is 4.57 Å². The number of aryl methyl sites for hydroxylation is 1. The third kappa shape index (κ3) is 3.68. The maximum atomic E-state index is 11.5. The van der Waals surface area contributed by atoms with Gasteiger partial charge in [-0.15, -0.1) is 0 Å². The average Bonchev–Trinajstić information content (AvgIpc) is 2.56. The maximum Gasteiger partial charge on any atom is 0.348 e. The normalized spacial score (nSPS) is 10.4. The van der Waals surface area contributed by atoms with E-state index in [1.54, 1.807) is 0 Å². The first-order valence-corrected chi connectivity index (χ1v) is 5.82. The molecule has 90 valence electrons. The van der Waals surface area contributed by atoms with Gasteiger partial charge in [-0.05, 0) is 6.42 Å². The molecular formula is C12H21N2O2+. The number of imidazole rings is 1. The smallest absolute Gasteiger partial charge is 0.348 e. The van der Waals surface area contributed by atoms with Gasteiger partial charge in [-0.3, -0.25) is 0 Å². The van der Waals surface area contributed by atoms with Crippen molar-refractivity contribution in [3.8, 4) is 0 Å². The summed E-state index contributed by atoms with van der Waals surface area (Å²) in [5.74, 6) is 0.890. The Hall–Kier alpha value is -1.32. The molecule has 0 saturated carbocycles. The standard InChI is InChI=1S/C12H21N2O2/c1-4-5-6-9-16-12(15)10-14-8-7-13(3)11(14)2/h7-8H,4-6,9-10H2,1-3H3/q+1. The molecule has 4 nitrogen and oxygen atoms in total. The number of carbonyl (C=O) groups is 1. The van der Waals surface area contributed by atoms with Crippen LogP contribution in [0.5, 0.6) is 0 Å².